The number of urea groups is 1. The number of fused-ring (bicyclic) bond motifs is 2. The van der Waals surface area contributed by atoms with E-state index in [1.165, 1.54) is 4.90 Å². The molecule has 4 heterocycles. The van der Waals surface area contributed by atoms with Gasteiger partial charge in [-0.3, -0.25) is 19.6 Å². The maximum Gasteiger partial charge on any atom is 0.325 e. The third-order valence-corrected chi connectivity index (χ3v) is 8.28. The van der Waals surface area contributed by atoms with E-state index in [1.807, 2.05) is 24.0 Å². The standard InChI is InChI=1S/C26H31N5O5/c1-2-26(24(33)31(25(34)27-26)14-16-7-8-20-21(13-16)36-15-35-20)17-9-11-30(12-10-17)23(32)22-18-5-3-4-6-19(18)28-29-22/h7-8,13,17H,2-6,9-12,14-15H2,1H3,(H,27,34)(H,28,29). The fourth-order valence-corrected chi connectivity index (χ4v) is 6.20. The van der Waals surface area contributed by atoms with Crippen LogP contribution in [0.5, 0.6) is 11.5 Å². The molecule has 2 saturated heterocycles. The van der Waals surface area contributed by atoms with Crippen LogP contribution in [0, 0.1) is 5.92 Å². The number of benzene rings is 1. The van der Waals surface area contributed by atoms with E-state index in [-0.39, 0.29) is 37.1 Å². The molecule has 0 radical (unpaired) electrons. The van der Waals surface area contributed by atoms with Crippen molar-refractivity contribution < 1.29 is 23.9 Å². The Labute approximate surface area is 209 Å². The molecule has 0 spiro atoms. The second kappa shape index (κ2) is 8.83. The number of aromatic amines is 1. The van der Waals surface area contributed by atoms with E-state index >= 15 is 0 Å². The molecular weight excluding hydrogens is 462 g/mol. The number of carbonyl (C=O) groups is 3. The molecule has 1 aliphatic carbocycles. The van der Waals surface area contributed by atoms with Gasteiger partial charge in [-0.1, -0.05) is 13.0 Å². The van der Waals surface area contributed by atoms with Crippen molar-refractivity contribution in [3.63, 3.8) is 0 Å². The normalized spacial score (nSPS) is 23.7. The van der Waals surface area contributed by atoms with E-state index < -0.39 is 5.54 Å². The lowest BCUT2D eigenvalue weighted by atomic mass is 9.75. The largest absolute Gasteiger partial charge is 0.454 e. The number of H-pyrrole nitrogens is 1. The van der Waals surface area contributed by atoms with Crippen molar-refractivity contribution in [1.82, 2.24) is 25.3 Å². The van der Waals surface area contributed by atoms with Crippen molar-refractivity contribution in [2.45, 2.75) is 64.0 Å². The van der Waals surface area contributed by atoms with Crippen molar-refractivity contribution in [1.29, 1.82) is 0 Å². The number of hydrogen-bond donors (Lipinski definition) is 2. The summed E-state index contributed by atoms with van der Waals surface area (Å²) < 4.78 is 10.8. The maximum atomic E-state index is 13.7. The molecule has 4 aliphatic rings. The van der Waals surface area contributed by atoms with Gasteiger partial charge in [0.2, 0.25) is 6.79 Å². The third kappa shape index (κ3) is 3.61. The summed E-state index contributed by atoms with van der Waals surface area (Å²) in [7, 11) is 0. The molecule has 36 heavy (non-hydrogen) atoms. The number of aryl methyl sites for hydroxylation is 1. The maximum absolute atomic E-state index is 13.7. The molecule has 3 aliphatic heterocycles. The van der Waals surface area contributed by atoms with E-state index in [0.29, 0.717) is 49.5 Å². The Morgan fingerprint density at radius 3 is 2.72 bits per heavy atom. The van der Waals surface area contributed by atoms with Crippen LogP contribution < -0.4 is 14.8 Å². The summed E-state index contributed by atoms with van der Waals surface area (Å²) in [5, 5.41) is 10.4. The summed E-state index contributed by atoms with van der Waals surface area (Å²) in [4.78, 5) is 43.0. The zero-order valence-electron chi connectivity index (χ0n) is 20.5. The Balaban J connectivity index is 1.14. The van der Waals surface area contributed by atoms with Gasteiger partial charge in [-0.15, -0.1) is 0 Å². The second-order valence-electron chi connectivity index (χ2n) is 10.1. The summed E-state index contributed by atoms with van der Waals surface area (Å²) in [6.45, 7) is 3.36. The fourth-order valence-electron chi connectivity index (χ4n) is 6.20. The number of carbonyl (C=O) groups excluding carboxylic acids is 3. The van der Waals surface area contributed by atoms with Crippen LogP contribution in [0.3, 0.4) is 0 Å². The summed E-state index contributed by atoms with van der Waals surface area (Å²) in [6, 6.07) is 5.08. The Kier molecular flexibility index (Phi) is 5.61. The van der Waals surface area contributed by atoms with Gasteiger partial charge in [-0.2, -0.15) is 5.10 Å². The molecule has 2 aromatic rings. The highest BCUT2D eigenvalue weighted by atomic mass is 16.7. The zero-order valence-corrected chi connectivity index (χ0v) is 20.5. The minimum absolute atomic E-state index is 0.0374. The zero-order chi connectivity index (χ0) is 24.9. The topological polar surface area (TPSA) is 117 Å². The van der Waals surface area contributed by atoms with Gasteiger partial charge in [0.25, 0.3) is 11.8 Å². The first-order valence-corrected chi connectivity index (χ1v) is 12.9. The minimum Gasteiger partial charge on any atom is -0.454 e. The predicted molar refractivity (Wildman–Crippen MR) is 129 cm³/mol. The van der Waals surface area contributed by atoms with Crippen LogP contribution in [0.2, 0.25) is 0 Å². The molecule has 190 valence electrons. The van der Waals surface area contributed by atoms with E-state index in [1.54, 1.807) is 6.07 Å². The highest BCUT2D eigenvalue weighted by Gasteiger charge is 2.55. The van der Waals surface area contributed by atoms with Gasteiger partial charge < -0.3 is 19.7 Å². The molecule has 1 atom stereocenters. The van der Waals surface area contributed by atoms with E-state index in [4.69, 9.17) is 9.47 Å². The average Bonchev–Trinajstić information content (AvgIpc) is 3.61. The Morgan fingerprint density at radius 2 is 1.92 bits per heavy atom. The highest BCUT2D eigenvalue weighted by Crippen LogP contribution is 2.38. The lowest BCUT2D eigenvalue weighted by Gasteiger charge is -2.40. The monoisotopic (exact) mass is 493 g/mol. The molecule has 1 aromatic heterocycles. The van der Waals surface area contributed by atoms with Gasteiger partial charge in [-0.25, -0.2) is 4.79 Å². The molecule has 10 nitrogen and oxygen atoms in total. The molecule has 4 amide bonds. The number of piperidine rings is 1. The first kappa shape index (κ1) is 22.9. The minimum atomic E-state index is -0.950. The SMILES string of the molecule is CCC1(C2CCN(C(=O)c3n[nH]c4c3CCCC4)CC2)NC(=O)N(Cc2ccc3c(c2)OCO3)C1=O. The van der Waals surface area contributed by atoms with E-state index in [2.05, 4.69) is 15.5 Å². The number of likely N-dealkylation sites (tertiary alicyclic amines) is 1. The van der Waals surface area contributed by atoms with Crippen molar-refractivity contribution in [3.8, 4) is 11.5 Å². The van der Waals surface area contributed by atoms with Crippen LogP contribution in [-0.4, -0.2) is 63.3 Å². The number of amides is 4. The number of nitrogens with zero attached hydrogens (tertiary/aromatic N) is 3. The van der Waals surface area contributed by atoms with Crippen LogP contribution in [-0.2, 0) is 24.2 Å². The fraction of sp³-hybridized carbons (Fsp3) is 0.538. The molecule has 1 unspecified atom stereocenters. The van der Waals surface area contributed by atoms with E-state index in [9.17, 15) is 14.4 Å². The number of imide groups is 1. The smallest absolute Gasteiger partial charge is 0.325 e. The van der Waals surface area contributed by atoms with Crippen molar-refractivity contribution >= 4 is 17.8 Å². The number of aromatic nitrogens is 2. The summed E-state index contributed by atoms with van der Waals surface area (Å²) in [6.07, 6.45) is 5.84. The molecule has 10 heteroatoms. The van der Waals surface area contributed by atoms with Crippen molar-refractivity contribution in [2.24, 2.45) is 5.92 Å². The number of rotatable bonds is 5. The van der Waals surface area contributed by atoms with Gasteiger partial charge in [-0.05, 0) is 68.6 Å². The summed E-state index contributed by atoms with van der Waals surface area (Å²) in [5.74, 6) is 1.01. The quantitative estimate of drug-likeness (QED) is 0.619. The van der Waals surface area contributed by atoms with Crippen LogP contribution in [0.15, 0.2) is 18.2 Å². The van der Waals surface area contributed by atoms with Crippen LogP contribution >= 0.6 is 0 Å². The van der Waals surface area contributed by atoms with Crippen LogP contribution in [0.1, 0.15) is 66.3 Å². The van der Waals surface area contributed by atoms with Crippen molar-refractivity contribution in [2.75, 3.05) is 19.9 Å². The first-order chi connectivity index (χ1) is 17.5. The Morgan fingerprint density at radius 1 is 1.14 bits per heavy atom. The first-order valence-electron chi connectivity index (χ1n) is 12.9. The third-order valence-electron chi connectivity index (χ3n) is 8.28. The molecular formula is C26H31N5O5. The average molecular weight is 494 g/mol. The predicted octanol–water partition coefficient (Wildman–Crippen LogP) is 2.77. The Hall–Kier alpha value is -3.56. The number of ether oxygens (including phenoxy) is 2. The second-order valence-corrected chi connectivity index (χ2v) is 10.1. The summed E-state index contributed by atoms with van der Waals surface area (Å²) >= 11 is 0. The lowest BCUT2D eigenvalue weighted by molar-refractivity contribution is -0.134. The molecule has 2 N–H and O–H groups in total. The molecule has 2 fully saturated rings. The van der Waals surface area contributed by atoms with Gasteiger partial charge in [0.05, 0.1) is 6.54 Å². The molecule has 0 bridgehead atoms. The van der Waals surface area contributed by atoms with Crippen molar-refractivity contribution in [3.05, 3.63) is 40.7 Å². The van der Waals surface area contributed by atoms with Gasteiger partial charge in [0, 0.05) is 24.3 Å². The number of hydrogen-bond acceptors (Lipinski definition) is 6. The van der Waals surface area contributed by atoms with Gasteiger partial charge in [0.1, 0.15) is 5.54 Å². The molecule has 1 aromatic carbocycles. The van der Waals surface area contributed by atoms with Gasteiger partial charge in [0.15, 0.2) is 17.2 Å². The lowest BCUT2D eigenvalue weighted by Crippen LogP contribution is -2.56. The highest BCUT2D eigenvalue weighted by molar-refractivity contribution is 6.07. The van der Waals surface area contributed by atoms with Crippen LogP contribution in [0.4, 0.5) is 4.79 Å². The Bertz CT molecular complexity index is 1220. The summed E-state index contributed by atoms with van der Waals surface area (Å²) in [5.41, 5.74) is 2.56. The van der Waals surface area contributed by atoms with Crippen LogP contribution in [0.25, 0.3) is 0 Å². The van der Waals surface area contributed by atoms with Gasteiger partial charge >= 0.3 is 6.03 Å². The molecule has 0 saturated carbocycles. The van der Waals surface area contributed by atoms with E-state index in [0.717, 1.165) is 42.5 Å². The molecule has 6 rings (SSSR count). The number of nitrogens with one attached hydrogen (secondary N) is 2.